The second kappa shape index (κ2) is 10.2. The summed E-state index contributed by atoms with van der Waals surface area (Å²) < 4.78 is 3.07. The van der Waals surface area contributed by atoms with Gasteiger partial charge >= 0.3 is 11.8 Å². The molecule has 0 radical (unpaired) electrons. The fourth-order valence-electron chi connectivity index (χ4n) is 3.40. The van der Waals surface area contributed by atoms with Crippen LogP contribution in [-0.4, -0.2) is 22.4 Å². The summed E-state index contributed by atoms with van der Waals surface area (Å²) in [5.41, 5.74) is 5.75. The Bertz CT molecular complexity index is 1400. The number of aromatic nitrogens is 1. The van der Waals surface area contributed by atoms with Crippen molar-refractivity contribution < 1.29 is 14.4 Å². The summed E-state index contributed by atoms with van der Waals surface area (Å²) in [6, 6.07) is 21.7. The lowest BCUT2D eigenvalue weighted by Crippen LogP contribution is -2.39. The van der Waals surface area contributed by atoms with E-state index in [2.05, 4.69) is 47.9 Å². The van der Waals surface area contributed by atoms with Crippen LogP contribution >= 0.6 is 31.9 Å². The monoisotopic (exact) mass is 582 g/mol. The van der Waals surface area contributed by atoms with Gasteiger partial charge in [-0.1, -0.05) is 62.2 Å². The summed E-state index contributed by atoms with van der Waals surface area (Å²) in [7, 11) is 0. The van der Waals surface area contributed by atoms with E-state index >= 15 is 0 Å². The third-order valence-corrected chi connectivity index (χ3v) is 6.51. The third kappa shape index (κ3) is 5.37. The van der Waals surface area contributed by atoms with E-state index in [9.17, 15) is 14.4 Å². The maximum atomic E-state index is 13.1. The van der Waals surface area contributed by atoms with Crippen molar-refractivity contribution in [3.8, 4) is 0 Å². The zero-order chi connectivity index (χ0) is 24.2. The van der Waals surface area contributed by atoms with E-state index in [0.29, 0.717) is 11.2 Å². The number of hydrogen-bond donors (Lipinski definition) is 3. The van der Waals surface area contributed by atoms with Crippen LogP contribution in [0.15, 0.2) is 81.7 Å². The van der Waals surface area contributed by atoms with Crippen LogP contribution in [0.1, 0.15) is 21.6 Å². The number of amides is 3. The largest absolute Gasteiger partial charge is 0.344 e. The van der Waals surface area contributed by atoms with Gasteiger partial charge in [-0.3, -0.25) is 19.8 Å². The van der Waals surface area contributed by atoms with E-state index < -0.39 is 17.7 Å². The molecule has 3 aromatic carbocycles. The van der Waals surface area contributed by atoms with Gasteiger partial charge in [0.1, 0.15) is 5.69 Å². The second-order valence-corrected chi connectivity index (χ2v) is 9.37. The van der Waals surface area contributed by atoms with E-state index in [1.165, 1.54) is 4.68 Å². The van der Waals surface area contributed by atoms with Gasteiger partial charge in [-0.25, -0.2) is 4.68 Å². The molecule has 3 N–H and O–H groups in total. The predicted molar refractivity (Wildman–Crippen MR) is 139 cm³/mol. The molecule has 0 atom stereocenters. The Kier molecular flexibility index (Phi) is 7.14. The van der Waals surface area contributed by atoms with Crippen molar-refractivity contribution >= 4 is 66.2 Å². The first kappa shape index (κ1) is 23.7. The molecule has 34 heavy (non-hydrogen) atoms. The predicted octanol–water partition coefficient (Wildman–Crippen LogP) is 5.11. The highest BCUT2D eigenvalue weighted by Crippen LogP contribution is 2.25. The first-order valence-electron chi connectivity index (χ1n) is 10.3. The van der Waals surface area contributed by atoms with Crippen LogP contribution in [0.2, 0.25) is 0 Å². The number of nitrogens with zero attached hydrogens (tertiary/aromatic N) is 1. The van der Waals surface area contributed by atoms with Crippen LogP contribution < -0.4 is 16.1 Å². The van der Waals surface area contributed by atoms with Crippen molar-refractivity contribution in [2.75, 3.05) is 10.7 Å². The Morgan fingerprint density at radius 2 is 1.65 bits per heavy atom. The molecule has 0 aliphatic carbocycles. The molecule has 172 valence electrons. The van der Waals surface area contributed by atoms with Crippen molar-refractivity contribution in [2.24, 2.45) is 0 Å². The number of anilines is 1. The molecule has 0 saturated heterocycles. The molecule has 0 fully saturated rings. The quantitative estimate of drug-likeness (QED) is 0.285. The summed E-state index contributed by atoms with van der Waals surface area (Å²) in [5.74, 6) is -2.12. The maximum absolute atomic E-state index is 13.1. The summed E-state index contributed by atoms with van der Waals surface area (Å²) in [6.07, 6.45) is 0. The smallest absolute Gasteiger partial charge is 0.328 e. The number of carbonyl (C=O) groups excluding carboxylic acids is 3. The Balaban J connectivity index is 1.58. The lowest BCUT2D eigenvalue weighted by molar-refractivity contribution is -0.136. The van der Waals surface area contributed by atoms with Gasteiger partial charge in [0.2, 0.25) is 0 Å². The highest BCUT2D eigenvalue weighted by atomic mass is 79.9. The first-order valence-corrected chi connectivity index (χ1v) is 11.9. The molecule has 0 spiro atoms. The highest BCUT2D eigenvalue weighted by Gasteiger charge is 2.21. The topological polar surface area (TPSA) is 92.2 Å². The Labute approximate surface area is 212 Å². The number of benzene rings is 3. The van der Waals surface area contributed by atoms with E-state index in [4.69, 9.17) is 0 Å². The second-order valence-electron chi connectivity index (χ2n) is 7.60. The summed E-state index contributed by atoms with van der Waals surface area (Å²) in [6.45, 7) is 2.13. The Hall–Kier alpha value is -3.43. The molecule has 9 heteroatoms. The van der Waals surface area contributed by atoms with Gasteiger partial charge < -0.3 is 10.6 Å². The van der Waals surface area contributed by atoms with E-state index in [-0.39, 0.29) is 12.2 Å². The lowest BCUT2D eigenvalue weighted by Gasteiger charge is -2.13. The van der Waals surface area contributed by atoms with E-state index in [0.717, 1.165) is 25.5 Å². The van der Waals surface area contributed by atoms with Crippen LogP contribution in [-0.2, 0) is 16.1 Å². The lowest BCUT2D eigenvalue weighted by atomic mass is 10.2. The zero-order valence-electron chi connectivity index (χ0n) is 18.1. The van der Waals surface area contributed by atoms with Crippen molar-refractivity contribution in [1.29, 1.82) is 0 Å². The average molecular weight is 584 g/mol. The number of hydrogen-bond acceptors (Lipinski definition) is 3. The molecule has 7 nitrogen and oxygen atoms in total. The van der Waals surface area contributed by atoms with E-state index in [1.54, 1.807) is 24.3 Å². The van der Waals surface area contributed by atoms with Gasteiger partial charge in [0.05, 0.1) is 5.52 Å². The van der Waals surface area contributed by atoms with Gasteiger partial charge in [0.25, 0.3) is 5.91 Å². The SMILES string of the molecule is Cc1cc(NC(=O)c2cc3cc(Br)ccc3n2NC(=O)C(=O)NCc2ccccc2)ccc1Br. The molecule has 3 amide bonds. The first-order chi connectivity index (χ1) is 16.3. The van der Waals surface area contributed by atoms with Gasteiger partial charge in [0, 0.05) is 26.6 Å². The highest BCUT2D eigenvalue weighted by molar-refractivity contribution is 9.10. The standard InChI is InChI=1S/C25H20Br2N4O3/c1-15-11-19(8-9-20(15)27)29-23(32)22-13-17-12-18(26)7-10-21(17)31(22)30-25(34)24(33)28-14-16-5-3-2-4-6-16/h2-13H,14H2,1H3,(H,28,33)(H,29,32)(H,30,34). The van der Waals surface area contributed by atoms with Gasteiger partial charge in [-0.05, 0) is 60.5 Å². The number of halogens is 2. The normalized spacial score (nSPS) is 10.7. The number of nitrogens with one attached hydrogen (secondary N) is 3. The summed E-state index contributed by atoms with van der Waals surface area (Å²) in [4.78, 5) is 38.2. The number of rotatable bonds is 5. The molecule has 4 rings (SSSR count). The van der Waals surface area contributed by atoms with Crippen LogP contribution in [0, 0.1) is 6.92 Å². The fraction of sp³-hybridized carbons (Fsp3) is 0.0800. The molecule has 0 saturated carbocycles. The van der Waals surface area contributed by atoms with Gasteiger partial charge in [-0.2, -0.15) is 0 Å². The third-order valence-electron chi connectivity index (χ3n) is 5.13. The molecular formula is C25H20Br2N4O3. The van der Waals surface area contributed by atoms with Crippen LogP contribution in [0.25, 0.3) is 10.9 Å². The minimum atomic E-state index is -0.884. The molecular weight excluding hydrogens is 564 g/mol. The van der Waals surface area contributed by atoms with Crippen molar-refractivity contribution in [1.82, 2.24) is 9.99 Å². The average Bonchev–Trinajstić information content (AvgIpc) is 3.17. The minimum Gasteiger partial charge on any atom is -0.344 e. The van der Waals surface area contributed by atoms with Crippen molar-refractivity contribution in [3.63, 3.8) is 0 Å². The number of carbonyl (C=O) groups is 3. The van der Waals surface area contributed by atoms with Gasteiger partial charge in [0.15, 0.2) is 0 Å². The maximum Gasteiger partial charge on any atom is 0.328 e. The van der Waals surface area contributed by atoms with Crippen LogP contribution in [0.5, 0.6) is 0 Å². The summed E-state index contributed by atoms with van der Waals surface area (Å²) in [5, 5.41) is 6.16. The zero-order valence-corrected chi connectivity index (χ0v) is 21.2. The van der Waals surface area contributed by atoms with Crippen LogP contribution in [0.4, 0.5) is 5.69 Å². The molecule has 1 heterocycles. The number of fused-ring (bicyclic) bond motifs is 1. The molecule has 4 aromatic rings. The Morgan fingerprint density at radius 3 is 2.38 bits per heavy atom. The fourth-order valence-corrected chi connectivity index (χ4v) is 4.03. The molecule has 0 aliphatic heterocycles. The molecule has 0 aliphatic rings. The van der Waals surface area contributed by atoms with Crippen molar-refractivity contribution in [3.05, 3.63) is 98.6 Å². The van der Waals surface area contributed by atoms with Crippen molar-refractivity contribution in [2.45, 2.75) is 13.5 Å². The van der Waals surface area contributed by atoms with E-state index in [1.807, 2.05) is 55.5 Å². The van der Waals surface area contributed by atoms with Crippen LogP contribution in [0.3, 0.4) is 0 Å². The molecule has 0 unspecified atom stereocenters. The number of aryl methyl sites for hydroxylation is 1. The molecule has 1 aromatic heterocycles. The minimum absolute atomic E-state index is 0.179. The summed E-state index contributed by atoms with van der Waals surface area (Å²) >= 11 is 6.87. The Morgan fingerprint density at radius 1 is 0.882 bits per heavy atom. The van der Waals surface area contributed by atoms with Gasteiger partial charge in [-0.15, -0.1) is 0 Å². The molecule has 0 bridgehead atoms.